The lowest BCUT2D eigenvalue weighted by atomic mass is 9.91. The summed E-state index contributed by atoms with van der Waals surface area (Å²) < 4.78 is 7.56. The predicted octanol–water partition coefficient (Wildman–Crippen LogP) is 17.5. The van der Waals surface area contributed by atoms with E-state index in [-0.39, 0.29) is 0 Å². The standard InChI is InChI=1S/C58H36N2S2/c1-2-15-37(16-3-1)42-22-13-28-52(56(42)48-25-12-23-47-49-35-38-17-4-5-18-39(38)36-55(49)62-57(47)48)60(53-29-14-24-46-45-21-8-11-30-54(45)61-58(46)53)41-33-31-40(32-34-41)59-50-26-9-6-19-43(50)44-20-7-10-27-51(44)59/h1-36H. The highest BCUT2D eigenvalue weighted by Crippen LogP contribution is 2.52. The van der Waals surface area contributed by atoms with Gasteiger partial charge in [0.1, 0.15) is 0 Å². The quantitative estimate of drug-likeness (QED) is 0.162. The predicted molar refractivity (Wildman–Crippen MR) is 270 cm³/mol. The monoisotopic (exact) mass is 824 g/mol. The molecular weight excluding hydrogens is 789 g/mol. The summed E-state index contributed by atoms with van der Waals surface area (Å²) in [5.41, 5.74) is 11.8. The number of hydrogen-bond acceptors (Lipinski definition) is 3. The number of fused-ring (bicyclic) bond motifs is 10. The summed E-state index contributed by atoms with van der Waals surface area (Å²) in [5, 5.41) is 10.2. The average Bonchev–Trinajstić information content (AvgIpc) is 4.01. The van der Waals surface area contributed by atoms with Gasteiger partial charge in [0.05, 0.1) is 27.1 Å². The Labute approximate surface area is 366 Å². The molecule has 0 radical (unpaired) electrons. The summed E-state index contributed by atoms with van der Waals surface area (Å²) in [7, 11) is 0. The van der Waals surface area contributed by atoms with Crippen LogP contribution < -0.4 is 4.90 Å². The van der Waals surface area contributed by atoms with Crippen LogP contribution in [0.4, 0.5) is 17.1 Å². The Bertz CT molecular complexity index is 3820. The van der Waals surface area contributed by atoms with E-state index in [1.54, 1.807) is 0 Å². The number of anilines is 3. The first-order valence-electron chi connectivity index (χ1n) is 21.1. The van der Waals surface area contributed by atoms with Gasteiger partial charge in [-0.15, -0.1) is 22.7 Å². The molecule has 0 saturated carbocycles. The molecule has 290 valence electrons. The fourth-order valence-corrected chi connectivity index (χ4v) is 12.3. The maximum atomic E-state index is 2.52. The number of benzene rings is 10. The fraction of sp³-hybridized carbons (Fsp3) is 0. The molecule has 0 amide bonds. The molecule has 0 saturated heterocycles. The summed E-state index contributed by atoms with van der Waals surface area (Å²) in [5.74, 6) is 0. The molecule has 0 spiro atoms. The molecule has 3 aromatic heterocycles. The maximum Gasteiger partial charge on any atom is 0.0640 e. The van der Waals surface area contributed by atoms with Gasteiger partial charge in [0.25, 0.3) is 0 Å². The smallest absolute Gasteiger partial charge is 0.0640 e. The van der Waals surface area contributed by atoms with Gasteiger partial charge in [-0.05, 0) is 88.6 Å². The zero-order valence-electron chi connectivity index (χ0n) is 33.5. The molecule has 13 aromatic rings. The van der Waals surface area contributed by atoms with Crippen molar-refractivity contribution in [3.63, 3.8) is 0 Å². The van der Waals surface area contributed by atoms with Gasteiger partial charge in [0.15, 0.2) is 0 Å². The van der Waals surface area contributed by atoms with Gasteiger partial charge >= 0.3 is 0 Å². The summed E-state index contributed by atoms with van der Waals surface area (Å²) in [6.45, 7) is 0. The van der Waals surface area contributed by atoms with Gasteiger partial charge in [-0.2, -0.15) is 0 Å². The SMILES string of the molecule is c1ccc(-c2cccc(N(c3ccc(-n4c5ccccc5c5ccccc54)cc3)c3cccc4c3sc3ccccc34)c2-c2cccc3c2sc2cc4ccccc4cc23)cc1. The van der Waals surface area contributed by atoms with Crippen molar-refractivity contribution in [2.24, 2.45) is 0 Å². The van der Waals surface area contributed by atoms with Crippen molar-refractivity contribution < 1.29 is 0 Å². The lowest BCUT2D eigenvalue weighted by Crippen LogP contribution is -2.12. The Morgan fingerprint density at radius 2 is 0.919 bits per heavy atom. The second-order valence-electron chi connectivity index (χ2n) is 16.0. The second-order valence-corrected chi connectivity index (χ2v) is 18.1. The maximum absolute atomic E-state index is 2.52. The molecule has 0 fully saturated rings. The molecule has 13 rings (SSSR count). The van der Waals surface area contributed by atoms with E-state index >= 15 is 0 Å². The Balaban J connectivity index is 1.10. The lowest BCUT2D eigenvalue weighted by molar-refractivity contribution is 1.17. The molecular formula is C58H36N2S2. The molecule has 62 heavy (non-hydrogen) atoms. The van der Waals surface area contributed by atoms with Gasteiger partial charge in [-0.1, -0.05) is 152 Å². The zero-order valence-corrected chi connectivity index (χ0v) is 35.1. The molecule has 2 nitrogen and oxygen atoms in total. The number of nitrogens with zero attached hydrogens (tertiary/aromatic N) is 2. The highest BCUT2D eigenvalue weighted by molar-refractivity contribution is 7.26. The minimum atomic E-state index is 1.10. The molecule has 0 unspecified atom stereocenters. The van der Waals surface area contributed by atoms with Crippen LogP contribution in [-0.2, 0) is 0 Å². The van der Waals surface area contributed by atoms with Crippen LogP contribution >= 0.6 is 22.7 Å². The number of rotatable bonds is 6. The summed E-state index contributed by atoms with van der Waals surface area (Å²) in [6.07, 6.45) is 0. The minimum absolute atomic E-state index is 1.10. The Morgan fingerprint density at radius 1 is 0.355 bits per heavy atom. The van der Waals surface area contributed by atoms with E-state index in [0.29, 0.717) is 0 Å². The number of hydrogen-bond donors (Lipinski definition) is 0. The van der Waals surface area contributed by atoms with Crippen molar-refractivity contribution in [2.75, 3.05) is 4.90 Å². The van der Waals surface area contributed by atoms with Crippen molar-refractivity contribution in [1.29, 1.82) is 0 Å². The van der Waals surface area contributed by atoms with Crippen molar-refractivity contribution in [3.05, 3.63) is 218 Å². The molecule has 0 bridgehead atoms. The van der Waals surface area contributed by atoms with Crippen LogP contribution in [-0.4, -0.2) is 4.57 Å². The van der Waals surface area contributed by atoms with Crippen molar-refractivity contribution in [2.45, 2.75) is 0 Å². The summed E-state index contributed by atoms with van der Waals surface area (Å²) in [4.78, 5) is 2.52. The normalized spacial score (nSPS) is 11.9. The van der Waals surface area contributed by atoms with Crippen LogP contribution in [0, 0.1) is 0 Å². The number of aromatic nitrogens is 1. The van der Waals surface area contributed by atoms with Crippen molar-refractivity contribution in [3.8, 4) is 27.9 Å². The molecule has 10 aromatic carbocycles. The summed E-state index contributed by atoms with van der Waals surface area (Å²) in [6, 6.07) is 80.5. The number of thiophene rings is 2. The molecule has 3 heterocycles. The van der Waals surface area contributed by atoms with Crippen LogP contribution in [0.1, 0.15) is 0 Å². The van der Waals surface area contributed by atoms with Crippen LogP contribution in [0.5, 0.6) is 0 Å². The third-order valence-corrected chi connectivity index (χ3v) is 15.0. The minimum Gasteiger partial charge on any atom is -0.309 e. The van der Waals surface area contributed by atoms with Gasteiger partial charge in [0.2, 0.25) is 0 Å². The van der Waals surface area contributed by atoms with E-state index < -0.39 is 0 Å². The first-order chi connectivity index (χ1) is 30.8. The van der Waals surface area contributed by atoms with E-state index in [1.807, 2.05) is 22.7 Å². The highest BCUT2D eigenvalue weighted by atomic mass is 32.1. The van der Waals surface area contributed by atoms with Crippen LogP contribution in [0.2, 0.25) is 0 Å². The van der Waals surface area contributed by atoms with E-state index in [0.717, 1.165) is 22.7 Å². The van der Waals surface area contributed by atoms with E-state index in [4.69, 9.17) is 0 Å². The Kier molecular flexibility index (Phi) is 7.99. The van der Waals surface area contributed by atoms with Crippen molar-refractivity contribution >= 4 is 113 Å². The first-order valence-corrected chi connectivity index (χ1v) is 22.7. The zero-order chi connectivity index (χ0) is 40.7. The Hall–Kier alpha value is -7.50. The lowest BCUT2D eigenvalue weighted by Gasteiger charge is -2.30. The van der Waals surface area contributed by atoms with Crippen LogP contribution in [0.25, 0.3) is 101 Å². The van der Waals surface area contributed by atoms with Crippen LogP contribution in [0.3, 0.4) is 0 Å². The molecule has 0 atom stereocenters. The third-order valence-electron chi connectivity index (χ3n) is 12.6. The summed E-state index contributed by atoms with van der Waals surface area (Å²) >= 11 is 3.78. The second kappa shape index (κ2) is 14.0. The van der Waals surface area contributed by atoms with Gasteiger partial charge in [-0.25, -0.2) is 0 Å². The van der Waals surface area contributed by atoms with Crippen molar-refractivity contribution in [1.82, 2.24) is 4.57 Å². The van der Waals surface area contributed by atoms with Gasteiger partial charge < -0.3 is 9.47 Å². The molecule has 0 aliphatic heterocycles. The topological polar surface area (TPSA) is 8.17 Å². The third kappa shape index (κ3) is 5.41. The molecule has 0 aliphatic carbocycles. The van der Waals surface area contributed by atoms with E-state index in [9.17, 15) is 0 Å². The van der Waals surface area contributed by atoms with Gasteiger partial charge in [-0.3, -0.25) is 0 Å². The largest absolute Gasteiger partial charge is 0.309 e. The molecule has 0 aliphatic rings. The average molecular weight is 825 g/mol. The number of para-hydroxylation sites is 2. The van der Waals surface area contributed by atoms with Gasteiger partial charge in [0, 0.05) is 68.9 Å². The van der Waals surface area contributed by atoms with Crippen LogP contribution in [0.15, 0.2) is 218 Å². The highest BCUT2D eigenvalue weighted by Gasteiger charge is 2.25. The van der Waals surface area contributed by atoms with E-state index in [2.05, 4.69) is 228 Å². The molecule has 4 heteroatoms. The fourth-order valence-electron chi connectivity index (χ4n) is 9.82. The van der Waals surface area contributed by atoms with E-state index in [1.165, 1.54) is 95.2 Å². The molecule has 0 N–H and O–H groups in total. The first kappa shape index (κ1) is 35.3. The Morgan fingerprint density at radius 3 is 1.69 bits per heavy atom.